The van der Waals surface area contributed by atoms with Gasteiger partial charge in [0.1, 0.15) is 5.51 Å². The van der Waals surface area contributed by atoms with E-state index in [0.717, 1.165) is 4.34 Å². The second kappa shape index (κ2) is 8.06. The Morgan fingerprint density at radius 3 is 2.42 bits per heavy atom. The molecule has 0 bridgehead atoms. The van der Waals surface area contributed by atoms with Gasteiger partial charge in [-0.3, -0.25) is 4.79 Å². The third-order valence-electron chi connectivity index (χ3n) is 2.81. The molecule has 0 saturated carbocycles. The largest absolute Gasteiger partial charge is 0.325 e. The molecular formula is C14H18N4O3S3. The van der Waals surface area contributed by atoms with Gasteiger partial charge in [-0.05, 0) is 45.0 Å². The highest BCUT2D eigenvalue weighted by molar-refractivity contribution is 8.02. The summed E-state index contributed by atoms with van der Waals surface area (Å²) in [5.74, 6) is -0.189. The van der Waals surface area contributed by atoms with Gasteiger partial charge in [0, 0.05) is 11.7 Å². The average molecular weight is 387 g/mol. The number of carbonyl (C=O) groups is 1. The second-order valence-corrected chi connectivity index (χ2v) is 9.39. The van der Waals surface area contributed by atoms with Gasteiger partial charge >= 0.3 is 0 Å². The van der Waals surface area contributed by atoms with Gasteiger partial charge in [-0.15, -0.1) is 10.2 Å². The van der Waals surface area contributed by atoms with E-state index in [4.69, 9.17) is 0 Å². The molecule has 7 nitrogen and oxygen atoms in total. The SMILES string of the molecule is CC(C)NS(=O)(=O)c1ccc(NC(=O)[C@@H](C)Sc2nncs2)cc1. The van der Waals surface area contributed by atoms with Gasteiger partial charge in [-0.2, -0.15) is 0 Å². The van der Waals surface area contributed by atoms with Crippen LogP contribution in [0.3, 0.4) is 0 Å². The van der Waals surface area contributed by atoms with Crippen LogP contribution in [0.1, 0.15) is 20.8 Å². The minimum atomic E-state index is -3.54. The van der Waals surface area contributed by atoms with E-state index in [2.05, 4.69) is 20.2 Å². The number of nitrogens with one attached hydrogen (secondary N) is 2. The number of anilines is 1. The van der Waals surface area contributed by atoms with Crippen molar-refractivity contribution in [1.82, 2.24) is 14.9 Å². The highest BCUT2D eigenvalue weighted by atomic mass is 32.2. The van der Waals surface area contributed by atoms with E-state index in [9.17, 15) is 13.2 Å². The number of amides is 1. The third-order valence-corrected chi connectivity index (χ3v) is 6.40. The molecule has 1 atom stereocenters. The molecule has 0 aliphatic carbocycles. The van der Waals surface area contributed by atoms with Crippen LogP contribution in [0.15, 0.2) is 39.0 Å². The Hall–Kier alpha value is -1.49. The van der Waals surface area contributed by atoms with E-state index >= 15 is 0 Å². The van der Waals surface area contributed by atoms with Gasteiger partial charge in [0.2, 0.25) is 15.9 Å². The van der Waals surface area contributed by atoms with Crippen LogP contribution in [-0.4, -0.2) is 35.8 Å². The number of sulfonamides is 1. The molecule has 0 fully saturated rings. The van der Waals surface area contributed by atoms with Crippen molar-refractivity contribution < 1.29 is 13.2 Å². The van der Waals surface area contributed by atoms with Crippen molar-refractivity contribution in [2.24, 2.45) is 0 Å². The lowest BCUT2D eigenvalue weighted by molar-refractivity contribution is -0.115. The maximum atomic E-state index is 12.2. The lowest BCUT2D eigenvalue weighted by Crippen LogP contribution is -2.30. The molecule has 0 aliphatic rings. The number of hydrogen-bond acceptors (Lipinski definition) is 7. The molecule has 0 spiro atoms. The number of rotatable bonds is 7. The summed E-state index contributed by atoms with van der Waals surface area (Å²) in [6, 6.07) is 5.86. The summed E-state index contributed by atoms with van der Waals surface area (Å²) in [4.78, 5) is 12.3. The first-order valence-electron chi connectivity index (χ1n) is 7.14. The van der Waals surface area contributed by atoms with Crippen LogP contribution in [0.4, 0.5) is 5.69 Å². The number of hydrogen-bond donors (Lipinski definition) is 2. The summed E-state index contributed by atoms with van der Waals surface area (Å²) < 4.78 is 27.3. The van der Waals surface area contributed by atoms with Gasteiger partial charge < -0.3 is 5.32 Å². The Kier molecular flexibility index (Phi) is 6.33. The molecule has 1 amide bonds. The van der Waals surface area contributed by atoms with Crippen molar-refractivity contribution in [3.8, 4) is 0 Å². The van der Waals surface area contributed by atoms with Gasteiger partial charge in [-0.25, -0.2) is 13.1 Å². The zero-order chi connectivity index (χ0) is 17.7. The molecule has 2 aromatic rings. The fourth-order valence-corrected chi connectivity index (χ4v) is 4.64. The van der Waals surface area contributed by atoms with E-state index in [1.807, 2.05) is 0 Å². The Bertz CT molecular complexity index is 774. The molecule has 130 valence electrons. The van der Waals surface area contributed by atoms with Crippen molar-refractivity contribution in [2.45, 2.75) is 41.3 Å². The minimum Gasteiger partial charge on any atom is -0.325 e. The molecule has 0 saturated heterocycles. The molecule has 24 heavy (non-hydrogen) atoms. The van der Waals surface area contributed by atoms with Crippen molar-refractivity contribution >= 4 is 44.7 Å². The average Bonchev–Trinajstić information content (AvgIpc) is 2.99. The summed E-state index contributed by atoms with van der Waals surface area (Å²) in [6.45, 7) is 5.28. The highest BCUT2D eigenvalue weighted by Crippen LogP contribution is 2.25. The second-order valence-electron chi connectivity index (χ2n) is 5.25. The number of nitrogens with zero attached hydrogens (tertiary/aromatic N) is 2. The first-order valence-corrected chi connectivity index (χ1v) is 10.4. The Labute approximate surface area is 149 Å². The number of thioether (sulfide) groups is 1. The number of benzene rings is 1. The van der Waals surface area contributed by atoms with Crippen LogP contribution in [0.5, 0.6) is 0 Å². The van der Waals surface area contributed by atoms with Gasteiger partial charge in [0.25, 0.3) is 0 Å². The summed E-state index contributed by atoms with van der Waals surface area (Å²) in [6.07, 6.45) is 0. The van der Waals surface area contributed by atoms with Gasteiger partial charge in [0.05, 0.1) is 10.1 Å². The van der Waals surface area contributed by atoms with E-state index in [0.29, 0.717) is 5.69 Å². The first-order chi connectivity index (χ1) is 11.3. The third kappa shape index (κ3) is 5.26. The quantitative estimate of drug-likeness (QED) is 0.708. The predicted octanol–water partition coefficient (Wildman–Crippen LogP) is 2.34. The monoisotopic (exact) mass is 386 g/mol. The van der Waals surface area contributed by atoms with Crippen LogP contribution in [0, 0.1) is 0 Å². The van der Waals surface area contributed by atoms with Crippen molar-refractivity contribution in [1.29, 1.82) is 0 Å². The van der Waals surface area contributed by atoms with E-state index < -0.39 is 10.0 Å². The first kappa shape index (κ1) is 18.8. The maximum absolute atomic E-state index is 12.2. The van der Waals surface area contributed by atoms with Crippen LogP contribution in [0.25, 0.3) is 0 Å². The zero-order valence-electron chi connectivity index (χ0n) is 13.4. The van der Waals surface area contributed by atoms with Gasteiger partial charge in [-0.1, -0.05) is 23.1 Å². The van der Waals surface area contributed by atoms with E-state index in [1.165, 1.54) is 35.2 Å². The summed E-state index contributed by atoms with van der Waals surface area (Å²) >= 11 is 2.69. The highest BCUT2D eigenvalue weighted by Gasteiger charge is 2.18. The smallest absolute Gasteiger partial charge is 0.240 e. The van der Waals surface area contributed by atoms with Crippen LogP contribution >= 0.6 is 23.1 Å². The molecule has 1 aromatic heterocycles. The number of aromatic nitrogens is 2. The van der Waals surface area contributed by atoms with Crippen LogP contribution in [-0.2, 0) is 14.8 Å². The standard InChI is InChI=1S/C14H18N4O3S3/c1-9(2)18-24(20,21)12-6-4-11(5-7-12)16-13(19)10(3)23-14-17-15-8-22-14/h4-10,18H,1-3H3,(H,16,19)/t10-/m1/s1. The lowest BCUT2D eigenvalue weighted by atomic mass is 10.3. The number of carbonyl (C=O) groups excluding carboxylic acids is 1. The zero-order valence-corrected chi connectivity index (χ0v) is 15.8. The Morgan fingerprint density at radius 2 is 1.88 bits per heavy atom. The van der Waals surface area contributed by atoms with Crippen molar-refractivity contribution in [3.63, 3.8) is 0 Å². The van der Waals surface area contributed by atoms with E-state index in [1.54, 1.807) is 38.4 Å². The summed E-state index contributed by atoms with van der Waals surface area (Å²) in [5.41, 5.74) is 2.14. The van der Waals surface area contributed by atoms with E-state index in [-0.39, 0.29) is 22.1 Å². The molecule has 0 unspecified atom stereocenters. The molecule has 2 N–H and O–H groups in total. The molecule has 10 heteroatoms. The fourth-order valence-electron chi connectivity index (χ4n) is 1.76. The predicted molar refractivity (Wildman–Crippen MR) is 95.8 cm³/mol. The van der Waals surface area contributed by atoms with Gasteiger partial charge in [0.15, 0.2) is 4.34 Å². The molecule has 0 aliphatic heterocycles. The lowest BCUT2D eigenvalue weighted by Gasteiger charge is -2.12. The maximum Gasteiger partial charge on any atom is 0.240 e. The van der Waals surface area contributed by atoms with Crippen molar-refractivity contribution in [3.05, 3.63) is 29.8 Å². The minimum absolute atomic E-state index is 0.158. The Balaban J connectivity index is 1.99. The molecule has 1 aromatic carbocycles. The Morgan fingerprint density at radius 1 is 1.21 bits per heavy atom. The molecule has 1 heterocycles. The van der Waals surface area contributed by atoms with Crippen LogP contribution in [0.2, 0.25) is 0 Å². The fraction of sp³-hybridized carbons (Fsp3) is 0.357. The van der Waals surface area contributed by atoms with Crippen LogP contribution < -0.4 is 10.0 Å². The molecule has 0 radical (unpaired) electrons. The normalized spacial score (nSPS) is 13.0. The molecular weight excluding hydrogens is 368 g/mol. The summed E-state index contributed by atoms with van der Waals surface area (Å²) in [7, 11) is -3.54. The van der Waals surface area contributed by atoms with Crippen molar-refractivity contribution in [2.75, 3.05) is 5.32 Å². The summed E-state index contributed by atoms with van der Waals surface area (Å²) in [5, 5.41) is 10.0. The molecule has 2 rings (SSSR count). The topological polar surface area (TPSA) is 101 Å².